The standard InChI is InChI=1S/C15H23N3O/c1-15(19,11-18(2)3)10-16-9-12-5-4-6-14-13(12)7-8-17-14/h4-8,16-17,19H,9-11H2,1-3H3. The van der Waals surface area contributed by atoms with Crippen molar-refractivity contribution in [3.8, 4) is 0 Å². The molecule has 1 unspecified atom stereocenters. The van der Waals surface area contributed by atoms with Crippen molar-refractivity contribution in [2.75, 3.05) is 27.2 Å². The third-order valence-electron chi connectivity index (χ3n) is 3.16. The average molecular weight is 261 g/mol. The maximum Gasteiger partial charge on any atom is 0.0869 e. The summed E-state index contributed by atoms with van der Waals surface area (Å²) in [6.07, 6.45) is 1.95. The summed E-state index contributed by atoms with van der Waals surface area (Å²) in [6, 6.07) is 8.32. The maximum absolute atomic E-state index is 10.2. The highest BCUT2D eigenvalue weighted by atomic mass is 16.3. The average Bonchev–Trinajstić information content (AvgIpc) is 2.75. The quantitative estimate of drug-likeness (QED) is 0.740. The molecule has 0 saturated carbocycles. The minimum absolute atomic E-state index is 0.575. The van der Waals surface area contributed by atoms with Crippen molar-refractivity contribution in [1.29, 1.82) is 0 Å². The Morgan fingerprint density at radius 1 is 1.32 bits per heavy atom. The summed E-state index contributed by atoms with van der Waals surface area (Å²) in [5.74, 6) is 0. The second-order valence-corrected chi connectivity index (χ2v) is 5.69. The van der Waals surface area contributed by atoms with E-state index in [-0.39, 0.29) is 0 Å². The molecule has 4 nitrogen and oxygen atoms in total. The van der Waals surface area contributed by atoms with E-state index in [9.17, 15) is 5.11 Å². The first-order valence-corrected chi connectivity index (χ1v) is 6.61. The molecule has 104 valence electrons. The van der Waals surface area contributed by atoms with Crippen LogP contribution in [-0.4, -0.2) is 47.8 Å². The number of likely N-dealkylation sites (N-methyl/N-ethyl adjacent to an activating group) is 1. The van der Waals surface area contributed by atoms with Gasteiger partial charge in [-0.05, 0) is 38.7 Å². The van der Waals surface area contributed by atoms with E-state index in [2.05, 4.69) is 28.5 Å². The van der Waals surface area contributed by atoms with Crippen molar-refractivity contribution in [1.82, 2.24) is 15.2 Å². The van der Waals surface area contributed by atoms with E-state index in [1.54, 1.807) is 0 Å². The molecular weight excluding hydrogens is 238 g/mol. The highest BCUT2D eigenvalue weighted by molar-refractivity contribution is 5.82. The number of nitrogens with one attached hydrogen (secondary N) is 2. The van der Waals surface area contributed by atoms with Gasteiger partial charge in [0.2, 0.25) is 0 Å². The molecule has 1 aromatic carbocycles. The smallest absolute Gasteiger partial charge is 0.0869 e. The number of H-pyrrole nitrogens is 1. The lowest BCUT2D eigenvalue weighted by Crippen LogP contribution is -2.45. The van der Waals surface area contributed by atoms with Crippen molar-refractivity contribution >= 4 is 10.9 Å². The Morgan fingerprint density at radius 2 is 2.11 bits per heavy atom. The van der Waals surface area contributed by atoms with E-state index in [1.807, 2.05) is 38.2 Å². The molecule has 4 heteroatoms. The van der Waals surface area contributed by atoms with Gasteiger partial charge in [-0.1, -0.05) is 12.1 Å². The van der Waals surface area contributed by atoms with Gasteiger partial charge in [0, 0.05) is 36.7 Å². The summed E-state index contributed by atoms with van der Waals surface area (Å²) in [4.78, 5) is 5.20. The van der Waals surface area contributed by atoms with Crippen LogP contribution in [0.2, 0.25) is 0 Å². The van der Waals surface area contributed by atoms with Crippen LogP contribution in [-0.2, 0) is 6.54 Å². The number of hydrogen-bond donors (Lipinski definition) is 3. The number of nitrogens with zero attached hydrogens (tertiary/aromatic N) is 1. The van der Waals surface area contributed by atoms with Crippen LogP contribution in [0.3, 0.4) is 0 Å². The van der Waals surface area contributed by atoms with Gasteiger partial charge >= 0.3 is 0 Å². The van der Waals surface area contributed by atoms with Crippen LogP contribution in [0.4, 0.5) is 0 Å². The Morgan fingerprint density at radius 3 is 2.84 bits per heavy atom. The number of rotatable bonds is 6. The van der Waals surface area contributed by atoms with Crippen molar-refractivity contribution in [2.24, 2.45) is 0 Å². The molecule has 0 aliphatic rings. The fourth-order valence-corrected chi connectivity index (χ4v) is 2.51. The fourth-order valence-electron chi connectivity index (χ4n) is 2.51. The van der Waals surface area contributed by atoms with E-state index in [4.69, 9.17) is 0 Å². The summed E-state index contributed by atoms with van der Waals surface area (Å²) in [5.41, 5.74) is 1.69. The van der Waals surface area contributed by atoms with Gasteiger partial charge in [0.15, 0.2) is 0 Å². The Bertz CT molecular complexity index is 531. The lowest BCUT2D eigenvalue weighted by atomic mass is 10.1. The highest BCUT2D eigenvalue weighted by Gasteiger charge is 2.20. The molecule has 0 fully saturated rings. The SMILES string of the molecule is CN(C)CC(C)(O)CNCc1cccc2[nH]ccc12. The Kier molecular flexibility index (Phi) is 4.24. The molecule has 2 rings (SSSR count). The second-order valence-electron chi connectivity index (χ2n) is 5.69. The van der Waals surface area contributed by atoms with Crippen LogP contribution < -0.4 is 5.32 Å². The Balaban J connectivity index is 1.94. The highest BCUT2D eigenvalue weighted by Crippen LogP contribution is 2.17. The maximum atomic E-state index is 10.2. The molecule has 0 radical (unpaired) electrons. The van der Waals surface area contributed by atoms with Crippen LogP contribution in [0.1, 0.15) is 12.5 Å². The zero-order chi connectivity index (χ0) is 13.9. The molecule has 0 saturated heterocycles. The number of aromatic amines is 1. The minimum atomic E-state index is -0.713. The van der Waals surface area contributed by atoms with Crippen LogP contribution in [0.25, 0.3) is 10.9 Å². The minimum Gasteiger partial charge on any atom is -0.388 e. The normalized spacial score (nSPS) is 15.0. The molecule has 3 N–H and O–H groups in total. The van der Waals surface area contributed by atoms with E-state index >= 15 is 0 Å². The number of aliphatic hydroxyl groups is 1. The van der Waals surface area contributed by atoms with Crippen LogP contribution in [0.5, 0.6) is 0 Å². The Labute approximate surface area is 114 Å². The van der Waals surface area contributed by atoms with E-state index < -0.39 is 5.60 Å². The second kappa shape index (κ2) is 5.74. The number of aromatic nitrogens is 1. The summed E-state index contributed by atoms with van der Waals surface area (Å²) < 4.78 is 0. The summed E-state index contributed by atoms with van der Waals surface area (Å²) >= 11 is 0. The molecule has 0 aliphatic heterocycles. The first-order valence-electron chi connectivity index (χ1n) is 6.61. The van der Waals surface area contributed by atoms with Crippen molar-refractivity contribution in [2.45, 2.75) is 19.1 Å². The fraction of sp³-hybridized carbons (Fsp3) is 0.467. The molecule has 2 aromatic rings. The zero-order valence-electron chi connectivity index (χ0n) is 11.9. The van der Waals surface area contributed by atoms with Gasteiger partial charge < -0.3 is 20.3 Å². The van der Waals surface area contributed by atoms with Gasteiger partial charge in [-0.15, -0.1) is 0 Å². The monoisotopic (exact) mass is 261 g/mol. The third-order valence-corrected chi connectivity index (χ3v) is 3.16. The predicted molar refractivity (Wildman–Crippen MR) is 79.2 cm³/mol. The number of hydrogen-bond acceptors (Lipinski definition) is 3. The van der Waals surface area contributed by atoms with Gasteiger partial charge in [-0.2, -0.15) is 0 Å². The van der Waals surface area contributed by atoms with Crippen LogP contribution in [0, 0.1) is 0 Å². The van der Waals surface area contributed by atoms with Gasteiger partial charge in [-0.25, -0.2) is 0 Å². The summed E-state index contributed by atoms with van der Waals surface area (Å²) in [5, 5.41) is 14.8. The van der Waals surface area contributed by atoms with E-state index in [0.717, 1.165) is 12.1 Å². The van der Waals surface area contributed by atoms with Crippen molar-refractivity contribution < 1.29 is 5.11 Å². The molecule has 1 aromatic heterocycles. The van der Waals surface area contributed by atoms with Gasteiger partial charge in [0.1, 0.15) is 0 Å². The first kappa shape index (κ1) is 14.1. The summed E-state index contributed by atoms with van der Waals surface area (Å²) in [7, 11) is 3.93. The number of benzene rings is 1. The molecule has 0 amide bonds. The lowest BCUT2D eigenvalue weighted by Gasteiger charge is -2.27. The molecule has 0 aliphatic carbocycles. The van der Waals surface area contributed by atoms with Gasteiger partial charge in [0.05, 0.1) is 5.60 Å². The van der Waals surface area contributed by atoms with Crippen LogP contribution >= 0.6 is 0 Å². The Hall–Kier alpha value is -1.36. The van der Waals surface area contributed by atoms with E-state index in [1.165, 1.54) is 10.9 Å². The predicted octanol–water partition coefficient (Wildman–Crippen LogP) is 1.57. The van der Waals surface area contributed by atoms with Crippen molar-refractivity contribution in [3.05, 3.63) is 36.0 Å². The van der Waals surface area contributed by atoms with Crippen LogP contribution in [0.15, 0.2) is 30.5 Å². The van der Waals surface area contributed by atoms with Crippen molar-refractivity contribution in [3.63, 3.8) is 0 Å². The molecule has 0 spiro atoms. The molecule has 1 heterocycles. The zero-order valence-corrected chi connectivity index (χ0v) is 11.9. The van der Waals surface area contributed by atoms with E-state index in [0.29, 0.717) is 13.1 Å². The number of fused-ring (bicyclic) bond motifs is 1. The van der Waals surface area contributed by atoms with Gasteiger partial charge in [-0.3, -0.25) is 0 Å². The molecule has 1 atom stereocenters. The first-order chi connectivity index (χ1) is 8.98. The lowest BCUT2D eigenvalue weighted by molar-refractivity contribution is 0.0336. The third kappa shape index (κ3) is 3.80. The topological polar surface area (TPSA) is 51.3 Å². The van der Waals surface area contributed by atoms with Gasteiger partial charge in [0.25, 0.3) is 0 Å². The molecule has 0 bridgehead atoms. The summed E-state index contributed by atoms with van der Waals surface area (Å²) in [6.45, 7) is 3.84. The molecule has 19 heavy (non-hydrogen) atoms. The largest absolute Gasteiger partial charge is 0.388 e. The molecular formula is C15H23N3O.